The second-order valence-corrected chi connectivity index (χ2v) is 8.07. The van der Waals surface area contributed by atoms with Gasteiger partial charge in [0.25, 0.3) is 0 Å². The van der Waals surface area contributed by atoms with Crippen molar-refractivity contribution in [3.63, 3.8) is 0 Å². The van der Waals surface area contributed by atoms with E-state index in [1.807, 2.05) is 19.9 Å². The summed E-state index contributed by atoms with van der Waals surface area (Å²) in [5.41, 5.74) is 0. The van der Waals surface area contributed by atoms with E-state index in [2.05, 4.69) is 0 Å². The van der Waals surface area contributed by atoms with Crippen molar-refractivity contribution < 1.29 is 9.63 Å². The van der Waals surface area contributed by atoms with Crippen LogP contribution in [0.3, 0.4) is 0 Å². The molecule has 0 aliphatic carbocycles. The van der Waals surface area contributed by atoms with E-state index in [0.717, 1.165) is 0 Å². The lowest BCUT2D eigenvalue weighted by atomic mass is 10.2. The van der Waals surface area contributed by atoms with E-state index in [-0.39, 0.29) is 11.1 Å². The minimum atomic E-state index is -2.31. The minimum absolute atomic E-state index is 0.0258. The number of aliphatic hydroxyl groups is 1. The van der Waals surface area contributed by atoms with Gasteiger partial charge in [0.2, 0.25) is 0 Å². The van der Waals surface area contributed by atoms with Crippen LogP contribution >= 0.6 is 6.26 Å². The highest BCUT2D eigenvalue weighted by molar-refractivity contribution is 8.14. The van der Waals surface area contributed by atoms with E-state index in [4.69, 9.17) is 21.6 Å². The Morgan fingerprint density at radius 2 is 2.14 bits per heavy atom. The first-order valence-corrected chi connectivity index (χ1v) is 7.50. The molecule has 0 aliphatic rings. The highest BCUT2D eigenvalue weighted by Gasteiger charge is 2.20. The lowest BCUT2D eigenvalue weighted by Gasteiger charge is -2.18. The summed E-state index contributed by atoms with van der Waals surface area (Å²) in [4.78, 5) is 0. The van der Waals surface area contributed by atoms with E-state index in [0.29, 0.717) is 12.5 Å². The summed E-state index contributed by atoms with van der Waals surface area (Å²) < 4.78 is 5.49. The maximum absolute atomic E-state index is 9.25. The Balaban J connectivity index is 4.72. The molecule has 0 rings (SSSR count). The molecule has 0 bridgehead atoms. The quantitative estimate of drug-likeness (QED) is 0.460. The molecule has 80 valence electrons. The average molecular weight is 233 g/mol. The summed E-state index contributed by atoms with van der Waals surface area (Å²) in [5.74, 6) is 0.346. The first-order valence-electron chi connectivity index (χ1n) is 4.33. The Bertz CT molecular complexity index is 313. The van der Waals surface area contributed by atoms with Crippen molar-refractivity contribution in [2.24, 2.45) is 5.92 Å². The van der Waals surface area contributed by atoms with Gasteiger partial charge < -0.3 is 9.63 Å². The van der Waals surface area contributed by atoms with E-state index >= 15 is 0 Å². The summed E-state index contributed by atoms with van der Waals surface area (Å²) >= 11 is 5.21. The Hall–Kier alpha value is -0.360. The predicted octanol–water partition coefficient (Wildman–Crippen LogP) is 3.00. The number of hydrogen-bond acceptors (Lipinski definition) is 4. The molecule has 1 atom stereocenters. The Kier molecular flexibility index (Phi) is 5.36. The number of allylic oxidation sites excluding steroid dienone is 2. The molecule has 0 fully saturated rings. The van der Waals surface area contributed by atoms with Gasteiger partial charge in [-0.25, -0.2) is 0 Å². The molecular formula is C9H16NO2PS. The third-order valence-electron chi connectivity index (χ3n) is 1.51. The van der Waals surface area contributed by atoms with Crippen LogP contribution in [0.5, 0.6) is 0 Å². The molecule has 0 aliphatic heterocycles. The second kappa shape index (κ2) is 5.50. The third-order valence-corrected chi connectivity index (χ3v) is 4.25. The van der Waals surface area contributed by atoms with Gasteiger partial charge in [-0.05, 0) is 19.5 Å². The van der Waals surface area contributed by atoms with E-state index in [1.54, 1.807) is 6.66 Å². The van der Waals surface area contributed by atoms with Crippen molar-refractivity contribution in [2.75, 3.05) is 13.3 Å². The van der Waals surface area contributed by atoms with Crippen molar-refractivity contribution >= 4 is 18.1 Å². The number of rotatable bonds is 4. The Labute approximate surface area is 90.5 Å². The van der Waals surface area contributed by atoms with Gasteiger partial charge in [0.05, 0.1) is 6.61 Å². The fourth-order valence-electron chi connectivity index (χ4n) is 0.821. The topological polar surface area (TPSA) is 53.2 Å². The standard InChI is InChI=1S/C9H16NO2PS/c1-7(2)6-12-13(4,14)9(5-10)8(3)11/h7,11H,6H2,1-4H3/b9-8-. The lowest BCUT2D eigenvalue weighted by molar-refractivity contribution is 0.300. The van der Waals surface area contributed by atoms with Gasteiger partial charge in [-0.3, -0.25) is 0 Å². The van der Waals surface area contributed by atoms with Crippen LogP contribution in [-0.2, 0) is 16.3 Å². The molecule has 1 unspecified atom stereocenters. The summed E-state index contributed by atoms with van der Waals surface area (Å²) in [5, 5.41) is 18.3. The van der Waals surface area contributed by atoms with Gasteiger partial charge in [-0.15, -0.1) is 0 Å². The van der Waals surface area contributed by atoms with Gasteiger partial charge in [0, 0.05) is 0 Å². The summed E-state index contributed by atoms with van der Waals surface area (Å²) in [6, 6.07) is 1.92. The summed E-state index contributed by atoms with van der Waals surface area (Å²) in [7, 11) is 0. The van der Waals surface area contributed by atoms with Crippen molar-refractivity contribution in [3.8, 4) is 6.07 Å². The maximum atomic E-state index is 9.25. The normalized spacial score (nSPS) is 17.1. The zero-order valence-corrected chi connectivity index (χ0v) is 10.7. The molecule has 5 heteroatoms. The highest BCUT2D eigenvalue weighted by atomic mass is 32.4. The second-order valence-electron chi connectivity index (χ2n) is 3.58. The first-order chi connectivity index (χ1) is 6.31. The van der Waals surface area contributed by atoms with Crippen LogP contribution in [0.25, 0.3) is 0 Å². The van der Waals surface area contributed by atoms with Gasteiger partial charge in [0.1, 0.15) is 23.4 Å². The van der Waals surface area contributed by atoms with Crippen LogP contribution in [0.4, 0.5) is 0 Å². The molecule has 0 aromatic carbocycles. The Morgan fingerprint density at radius 1 is 1.64 bits per heavy atom. The van der Waals surface area contributed by atoms with Gasteiger partial charge in [0.15, 0.2) is 0 Å². The zero-order chi connectivity index (χ0) is 11.4. The minimum Gasteiger partial charge on any atom is -0.511 e. The van der Waals surface area contributed by atoms with Crippen LogP contribution in [0.1, 0.15) is 20.8 Å². The summed E-state index contributed by atoms with van der Waals surface area (Å²) in [6.07, 6.45) is -2.31. The largest absolute Gasteiger partial charge is 0.511 e. The van der Waals surface area contributed by atoms with Crippen molar-refractivity contribution in [1.82, 2.24) is 0 Å². The fraction of sp³-hybridized carbons (Fsp3) is 0.667. The maximum Gasteiger partial charge on any atom is 0.124 e. The van der Waals surface area contributed by atoms with Gasteiger partial charge in [-0.2, -0.15) is 5.26 Å². The van der Waals surface area contributed by atoms with Crippen molar-refractivity contribution in [3.05, 3.63) is 11.1 Å². The zero-order valence-electron chi connectivity index (χ0n) is 8.94. The van der Waals surface area contributed by atoms with Crippen LogP contribution < -0.4 is 0 Å². The predicted molar refractivity (Wildman–Crippen MR) is 61.9 cm³/mol. The number of nitrogens with zero attached hydrogens (tertiary/aromatic N) is 1. The molecule has 3 nitrogen and oxygen atoms in total. The SMILES string of the molecule is C/C(O)=C(\C#N)P(C)(=S)OCC(C)C. The summed E-state index contributed by atoms with van der Waals surface area (Å²) in [6.45, 7) is 7.71. The lowest BCUT2D eigenvalue weighted by Crippen LogP contribution is -2.01. The Morgan fingerprint density at radius 3 is 2.43 bits per heavy atom. The first kappa shape index (κ1) is 13.6. The molecule has 0 saturated heterocycles. The van der Waals surface area contributed by atoms with Crippen LogP contribution in [0.2, 0.25) is 0 Å². The molecule has 1 N–H and O–H groups in total. The van der Waals surface area contributed by atoms with Crippen LogP contribution in [0, 0.1) is 17.2 Å². The van der Waals surface area contributed by atoms with E-state index < -0.39 is 6.26 Å². The molecule has 0 aromatic heterocycles. The monoisotopic (exact) mass is 233 g/mol. The van der Waals surface area contributed by atoms with Crippen molar-refractivity contribution in [2.45, 2.75) is 20.8 Å². The average Bonchev–Trinajstić information content (AvgIpc) is 2.01. The van der Waals surface area contributed by atoms with Crippen molar-refractivity contribution in [1.29, 1.82) is 5.26 Å². The molecule has 0 radical (unpaired) electrons. The fourth-order valence-corrected chi connectivity index (χ4v) is 3.00. The molecule has 0 heterocycles. The number of hydrogen-bond donors (Lipinski definition) is 1. The molecule has 0 amide bonds. The van der Waals surface area contributed by atoms with Gasteiger partial charge >= 0.3 is 0 Å². The third kappa shape index (κ3) is 4.23. The molecule has 0 saturated carbocycles. The molecular weight excluding hydrogens is 217 g/mol. The number of aliphatic hydroxyl groups excluding tert-OH is 1. The molecule has 0 aromatic rings. The van der Waals surface area contributed by atoms with E-state index in [9.17, 15) is 5.11 Å². The highest BCUT2D eigenvalue weighted by Crippen LogP contribution is 2.52. The molecule has 14 heavy (non-hydrogen) atoms. The molecule has 0 spiro atoms. The number of nitriles is 1. The van der Waals surface area contributed by atoms with Crippen LogP contribution in [0.15, 0.2) is 11.1 Å². The van der Waals surface area contributed by atoms with Gasteiger partial charge in [-0.1, -0.05) is 25.7 Å². The smallest absolute Gasteiger partial charge is 0.124 e. The van der Waals surface area contributed by atoms with Crippen LogP contribution in [-0.4, -0.2) is 18.4 Å². The van der Waals surface area contributed by atoms with E-state index in [1.165, 1.54) is 6.92 Å².